The van der Waals surface area contributed by atoms with E-state index in [1.54, 1.807) is 0 Å². The molecule has 1 heterocycles. The molecule has 0 radical (unpaired) electrons. The van der Waals surface area contributed by atoms with Crippen LogP contribution in [0.2, 0.25) is 0 Å². The van der Waals surface area contributed by atoms with Crippen molar-refractivity contribution in [3.8, 4) is 0 Å². The molecule has 0 aromatic carbocycles. The van der Waals surface area contributed by atoms with Crippen LogP contribution in [0.4, 0.5) is 0 Å². The number of unbranched alkanes of at least 4 members (excludes halogenated alkanes) is 2. The van der Waals surface area contributed by atoms with Crippen molar-refractivity contribution in [1.82, 2.24) is 9.55 Å². The van der Waals surface area contributed by atoms with Gasteiger partial charge in [0.15, 0.2) is 0 Å². The summed E-state index contributed by atoms with van der Waals surface area (Å²) in [5.41, 5.74) is 0. The van der Waals surface area contributed by atoms with Crippen LogP contribution in [-0.4, -0.2) is 21.3 Å². The first-order valence-electron chi connectivity index (χ1n) is 4.41. The fourth-order valence-corrected chi connectivity index (χ4v) is 1.21. The molecule has 0 fully saturated rings. The van der Waals surface area contributed by atoms with Gasteiger partial charge in [-0.05, 0) is 12.8 Å². The van der Waals surface area contributed by atoms with Gasteiger partial charge in [-0.15, -0.1) is 0 Å². The van der Waals surface area contributed by atoms with Crippen LogP contribution in [0.15, 0.2) is 12.4 Å². The number of hydrogen-bond donors (Lipinski definition) is 1. The van der Waals surface area contributed by atoms with E-state index in [1.165, 1.54) is 0 Å². The zero-order valence-electron chi connectivity index (χ0n) is 7.53. The molecule has 0 saturated carbocycles. The molecule has 3 heteroatoms. The third-order valence-corrected chi connectivity index (χ3v) is 1.98. The van der Waals surface area contributed by atoms with Gasteiger partial charge in [-0.3, -0.25) is 0 Å². The van der Waals surface area contributed by atoms with Crippen LogP contribution >= 0.6 is 0 Å². The van der Waals surface area contributed by atoms with Crippen molar-refractivity contribution in [1.29, 1.82) is 0 Å². The average molecular weight is 168 g/mol. The standard InChI is InChI=1S/C9H16N2O/c1-11-7-6-10-9(11)5-3-2-4-8-12/h6-7,12H,2-5,8H2,1H3. The molecule has 0 atom stereocenters. The second-order valence-electron chi connectivity index (χ2n) is 2.99. The maximum atomic E-state index is 8.56. The molecule has 0 bridgehead atoms. The van der Waals surface area contributed by atoms with Crippen molar-refractivity contribution < 1.29 is 5.11 Å². The quantitative estimate of drug-likeness (QED) is 0.669. The van der Waals surface area contributed by atoms with Gasteiger partial charge in [0.1, 0.15) is 5.82 Å². The maximum Gasteiger partial charge on any atom is 0.108 e. The highest BCUT2D eigenvalue weighted by Crippen LogP contribution is 2.02. The van der Waals surface area contributed by atoms with Crippen molar-refractivity contribution in [2.75, 3.05) is 6.61 Å². The molecule has 3 nitrogen and oxygen atoms in total. The molecule has 1 aromatic heterocycles. The molecule has 1 aromatic rings. The minimum absolute atomic E-state index is 0.306. The van der Waals surface area contributed by atoms with E-state index in [2.05, 4.69) is 4.98 Å². The molecule has 0 unspecified atom stereocenters. The lowest BCUT2D eigenvalue weighted by atomic mass is 10.2. The summed E-state index contributed by atoms with van der Waals surface area (Å²) in [5.74, 6) is 1.13. The van der Waals surface area contributed by atoms with Gasteiger partial charge in [0, 0.05) is 32.5 Å². The lowest BCUT2D eigenvalue weighted by Gasteiger charge is -2.00. The van der Waals surface area contributed by atoms with E-state index in [1.807, 2.05) is 24.0 Å². The van der Waals surface area contributed by atoms with Crippen LogP contribution < -0.4 is 0 Å². The first-order chi connectivity index (χ1) is 5.84. The first kappa shape index (κ1) is 9.26. The van der Waals surface area contributed by atoms with Gasteiger partial charge in [0.05, 0.1) is 0 Å². The van der Waals surface area contributed by atoms with Crippen molar-refractivity contribution in [2.45, 2.75) is 25.7 Å². The third kappa shape index (κ3) is 2.66. The van der Waals surface area contributed by atoms with Gasteiger partial charge >= 0.3 is 0 Å². The van der Waals surface area contributed by atoms with Crippen LogP contribution in [0.1, 0.15) is 25.1 Å². The summed E-state index contributed by atoms with van der Waals surface area (Å²) in [4.78, 5) is 4.21. The number of aliphatic hydroxyl groups excluding tert-OH is 1. The summed E-state index contributed by atoms with van der Waals surface area (Å²) in [7, 11) is 2.01. The highest BCUT2D eigenvalue weighted by molar-refractivity contribution is 4.90. The van der Waals surface area contributed by atoms with Gasteiger partial charge in [0.2, 0.25) is 0 Å². The Morgan fingerprint density at radius 1 is 1.42 bits per heavy atom. The molecular weight excluding hydrogens is 152 g/mol. The Bertz CT molecular complexity index is 220. The van der Waals surface area contributed by atoms with Crippen molar-refractivity contribution >= 4 is 0 Å². The number of aryl methyl sites for hydroxylation is 2. The SMILES string of the molecule is Cn1ccnc1CCCCCO. The Balaban J connectivity index is 2.20. The zero-order chi connectivity index (χ0) is 8.81. The smallest absolute Gasteiger partial charge is 0.108 e. The molecule has 1 N–H and O–H groups in total. The second-order valence-corrected chi connectivity index (χ2v) is 2.99. The number of nitrogens with zero attached hydrogens (tertiary/aromatic N) is 2. The topological polar surface area (TPSA) is 38.0 Å². The van der Waals surface area contributed by atoms with Crippen molar-refractivity contribution in [3.05, 3.63) is 18.2 Å². The predicted octanol–water partition coefficient (Wildman–Crippen LogP) is 1.13. The van der Waals surface area contributed by atoms with E-state index in [0.29, 0.717) is 6.61 Å². The second kappa shape index (κ2) is 4.93. The van der Waals surface area contributed by atoms with Gasteiger partial charge in [-0.1, -0.05) is 6.42 Å². The summed E-state index contributed by atoms with van der Waals surface area (Å²) in [6.45, 7) is 0.306. The number of rotatable bonds is 5. The highest BCUT2D eigenvalue weighted by atomic mass is 16.2. The maximum absolute atomic E-state index is 8.56. The lowest BCUT2D eigenvalue weighted by Crippen LogP contribution is -1.97. The summed E-state index contributed by atoms with van der Waals surface area (Å²) in [6.07, 6.45) is 7.91. The summed E-state index contributed by atoms with van der Waals surface area (Å²) < 4.78 is 2.04. The normalized spacial score (nSPS) is 10.5. The molecule has 0 aliphatic rings. The monoisotopic (exact) mass is 168 g/mol. The summed E-state index contributed by atoms with van der Waals surface area (Å²) in [5, 5.41) is 8.56. The van der Waals surface area contributed by atoms with E-state index < -0.39 is 0 Å². The number of aliphatic hydroxyl groups is 1. The largest absolute Gasteiger partial charge is 0.396 e. The van der Waals surface area contributed by atoms with E-state index in [0.717, 1.165) is 31.5 Å². The molecule has 68 valence electrons. The van der Waals surface area contributed by atoms with Gasteiger partial charge in [-0.2, -0.15) is 0 Å². The zero-order valence-corrected chi connectivity index (χ0v) is 7.53. The Morgan fingerprint density at radius 3 is 2.83 bits per heavy atom. The molecule has 12 heavy (non-hydrogen) atoms. The van der Waals surface area contributed by atoms with E-state index in [4.69, 9.17) is 5.11 Å². The molecule has 0 spiro atoms. The fourth-order valence-electron chi connectivity index (χ4n) is 1.21. The van der Waals surface area contributed by atoms with Crippen LogP contribution in [0.25, 0.3) is 0 Å². The Morgan fingerprint density at radius 2 is 2.25 bits per heavy atom. The molecule has 1 rings (SSSR count). The van der Waals surface area contributed by atoms with Gasteiger partial charge in [-0.25, -0.2) is 4.98 Å². The number of aromatic nitrogens is 2. The average Bonchev–Trinajstić information content (AvgIpc) is 2.46. The van der Waals surface area contributed by atoms with E-state index in [9.17, 15) is 0 Å². The van der Waals surface area contributed by atoms with Gasteiger partial charge in [0.25, 0.3) is 0 Å². The van der Waals surface area contributed by atoms with E-state index in [-0.39, 0.29) is 0 Å². The number of imidazole rings is 1. The first-order valence-corrected chi connectivity index (χ1v) is 4.41. The highest BCUT2D eigenvalue weighted by Gasteiger charge is 1.97. The molecule has 0 aliphatic carbocycles. The minimum Gasteiger partial charge on any atom is -0.396 e. The van der Waals surface area contributed by atoms with Crippen LogP contribution in [-0.2, 0) is 13.5 Å². The van der Waals surface area contributed by atoms with Gasteiger partial charge < -0.3 is 9.67 Å². The molecular formula is C9H16N2O. The van der Waals surface area contributed by atoms with Crippen molar-refractivity contribution in [2.24, 2.45) is 7.05 Å². The molecule has 0 saturated heterocycles. The Kier molecular flexibility index (Phi) is 3.80. The van der Waals surface area contributed by atoms with Crippen LogP contribution in [0.5, 0.6) is 0 Å². The Hall–Kier alpha value is -0.830. The minimum atomic E-state index is 0.306. The lowest BCUT2D eigenvalue weighted by molar-refractivity contribution is 0.283. The molecule has 0 aliphatic heterocycles. The van der Waals surface area contributed by atoms with Crippen molar-refractivity contribution in [3.63, 3.8) is 0 Å². The summed E-state index contributed by atoms with van der Waals surface area (Å²) in [6, 6.07) is 0. The fraction of sp³-hybridized carbons (Fsp3) is 0.667. The molecule has 0 amide bonds. The third-order valence-electron chi connectivity index (χ3n) is 1.98. The number of hydrogen-bond acceptors (Lipinski definition) is 2. The predicted molar refractivity (Wildman–Crippen MR) is 47.8 cm³/mol. The van der Waals surface area contributed by atoms with Crippen LogP contribution in [0.3, 0.4) is 0 Å². The Labute approximate surface area is 73.1 Å². The van der Waals surface area contributed by atoms with Crippen LogP contribution in [0, 0.1) is 0 Å². The summed E-state index contributed by atoms with van der Waals surface area (Å²) >= 11 is 0. The van der Waals surface area contributed by atoms with E-state index >= 15 is 0 Å².